The predicted octanol–water partition coefficient (Wildman–Crippen LogP) is 1.12. The Balaban J connectivity index is 1.29. The van der Waals surface area contributed by atoms with Crippen LogP contribution >= 0.6 is 0 Å². The maximum absolute atomic E-state index is 12.5. The first-order chi connectivity index (χ1) is 15.0. The summed E-state index contributed by atoms with van der Waals surface area (Å²) >= 11 is 0. The Morgan fingerprint density at radius 2 is 1.94 bits per heavy atom. The summed E-state index contributed by atoms with van der Waals surface area (Å²) in [7, 11) is 0. The molecule has 0 unspecified atom stereocenters. The van der Waals surface area contributed by atoms with Crippen LogP contribution in [0.5, 0.6) is 0 Å². The number of aromatic nitrogens is 2. The van der Waals surface area contributed by atoms with Crippen molar-refractivity contribution in [2.24, 2.45) is 0 Å². The van der Waals surface area contributed by atoms with E-state index in [1.54, 1.807) is 11.1 Å². The van der Waals surface area contributed by atoms with Crippen LogP contribution < -0.4 is 10.6 Å². The highest BCUT2D eigenvalue weighted by atomic mass is 16.2. The fourth-order valence-electron chi connectivity index (χ4n) is 4.04. The van der Waals surface area contributed by atoms with Crippen LogP contribution in [-0.2, 0) is 35.4 Å². The molecule has 1 aromatic carbocycles. The third kappa shape index (κ3) is 4.76. The molecular weight excluding hydrogens is 394 g/mol. The number of nitrogens with one attached hydrogen (secondary N) is 4. The van der Waals surface area contributed by atoms with Crippen LogP contribution in [0.25, 0.3) is 0 Å². The maximum atomic E-state index is 12.5. The lowest BCUT2D eigenvalue weighted by Gasteiger charge is -2.28. The number of fused-ring (bicyclic) bond motifs is 2. The van der Waals surface area contributed by atoms with Gasteiger partial charge in [-0.25, -0.2) is 9.97 Å². The van der Waals surface area contributed by atoms with Crippen molar-refractivity contribution in [3.8, 4) is 0 Å². The fraction of sp³-hybridized carbons (Fsp3) is 0.364. The Morgan fingerprint density at radius 3 is 2.65 bits per heavy atom. The van der Waals surface area contributed by atoms with Gasteiger partial charge in [-0.1, -0.05) is 24.3 Å². The second-order valence-corrected chi connectivity index (χ2v) is 7.81. The number of carbonyl (C=O) groups excluding carboxylic acids is 2. The van der Waals surface area contributed by atoms with Crippen molar-refractivity contribution in [1.29, 1.82) is 10.8 Å². The smallest absolute Gasteiger partial charge is 0.270 e. The number of amides is 2. The maximum Gasteiger partial charge on any atom is 0.270 e. The lowest BCUT2D eigenvalue weighted by atomic mass is 10.1. The number of anilines is 1. The summed E-state index contributed by atoms with van der Waals surface area (Å²) in [5.41, 5.74) is 4.22. The topological polar surface area (TPSA) is 135 Å². The van der Waals surface area contributed by atoms with Crippen LogP contribution in [0.4, 0.5) is 5.95 Å². The monoisotopic (exact) mass is 419 g/mol. The first-order valence-electron chi connectivity index (χ1n) is 10.4. The number of benzene rings is 1. The molecule has 1 aromatic heterocycles. The van der Waals surface area contributed by atoms with E-state index >= 15 is 0 Å². The van der Waals surface area contributed by atoms with E-state index in [4.69, 9.17) is 10.8 Å². The van der Waals surface area contributed by atoms with Crippen molar-refractivity contribution in [3.63, 3.8) is 0 Å². The molecule has 1 aliphatic carbocycles. The normalized spacial score (nSPS) is 15.0. The molecule has 9 heteroatoms. The molecule has 4 N–H and O–H groups in total. The Kier molecular flexibility index (Phi) is 6.01. The van der Waals surface area contributed by atoms with Crippen LogP contribution in [-0.4, -0.2) is 57.7 Å². The summed E-state index contributed by atoms with van der Waals surface area (Å²) in [6, 6.07) is 8.76. The van der Waals surface area contributed by atoms with Gasteiger partial charge >= 0.3 is 0 Å². The van der Waals surface area contributed by atoms with Crippen LogP contribution in [0.1, 0.15) is 28.8 Å². The van der Waals surface area contributed by atoms with Crippen molar-refractivity contribution in [3.05, 3.63) is 52.8 Å². The largest absolute Gasteiger partial charge is 0.351 e. The molecule has 2 heterocycles. The van der Waals surface area contributed by atoms with Gasteiger partial charge in [0, 0.05) is 56.5 Å². The summed E-state index contributed by atoms with van der Waals surface area (Å²) in [4.78, 5) is 34.8. The second kappa shape index (κ2) is 9.03. The van der Waals surface area contributed by atoms with Gasteiger partial charge in [0.2, 0.25) is 11.9 Å². The molecule has 0 saturated heterocycles. The first-order valence-corrected chi connectivity index (χ1v) is 10.4. The summed E-state index contributed by atoms with van der Waals surface area (Å²) in [5, 5.41) is 20.1. The van der Waals surface area contributed by atoms with Crippen molar-refractivity contribution in [1.82, 2.24) is 20.2 Å². The molecule has 2 amide bonds. The van der Waals surface area contributed by atoms with Gasteiger partial charge in [0.1, 0.15) is 5.71 Å². The number of nitrogens with zero attached hydrogens (tertiary/aromatic N) is 3. The SMILES string of the molecule is N=CC(=N)C(=O)NCCC(=O)N1CCc2nc(NC3Cc4ccccc4C3)ncc2C1. The van der Waals surface area contributed by atoms with Gasteiger partial charge in [-0.05, 0) is 24.0 Å². The molecule has 0 saturated carbocycles. The van der Waals surface area contributed by atoms with E-state index in [2.05, 4.69) is 44.9 Å². The zero-order valence-electron chi connectivity index (χ0n) is 17.1. The standard InChI is InChI=1S/C22H25N7O2/c23-11-18(24)21(31)25-7-5-20(30)29-8-6-19-16(13-29)12-26-22(28-19)27-17-9-14-3-1-2-4-15(14)10-17/h1-4,11-12,17,23-24H,5-10,13H2,(H,25,31)(H,26,27,28). The van der Waals surface area contributed by atoms with E-state index in [1.807, 2.05) is 0 Å². The van der Waals surface area contributed by atoms with E-state index in [9.17, 15) is 9.59 Å². The zero-order valence-corrected chi connectivity index (χ0v) is 17.1. The van der Waals surface area contributed by atoms with Crippen LogP contribution in [0.2, 0.25) is 0 Å². The van der Waals surface area contributed by atoms with E-state index in [1.165, 1.54) is 11.1 Å². The minimum absolute atomic E-state index is 0.0711. The number of rotatable bonds is 7. The fourth-order valence-corrected chi connectivity index (χ4v) is 4.04. The predicted molar refractivity (Wildman–Crippen MR) is 117 cm³/mol. The summed E-state index contributed by atoms with van der Waals surface area (Å²) in [6.45, 7) is 1.16. The highest BCUT2D eigenvalue weighted by molar-refractivity contribution is 6.59. The van der Waals surface area contributed by atoms with Crippen molar-refractivity contribution in [2.75, 3.05) is 18.4 Å². The molecule has 2 aromatic rings. The highest BCUT2D eigenvalue weighted by Gasteiger charge is 2.24. The van der Waals surface area contributed by atoms with E-state index < -0.39 is 11.6 Å². The van der Waals surface area contributed by atoms with Crippen LogP contribution in [0, 0.1) is 10.8 Å². The van der Waals surface area contributed by atoms with Gasteiger partial charge in [0.25, 0.3) is 5.91 Å². The third-order valence-corrected chi connectivity index (χ3v) is 5.68. The molecule has 0 atom stereocenters. The van der Waals surface area contributed by atoms with Crippen LogP contribution in [0.3, 0.4) is 0 Å². The lowest BCUT2D eigenvalue weighted by Crippen LogP contribution is -2.39. The van der Waals surface area contributed by atoms with Gasteiger partial charge in [-0.3, -0.25) is 15.0 Å². The molecular formula is C22H25N7O2. The quantitative estimate of drug-likeness (QED) is 0.499. The molecule has 9 nitrogen and oxygen atoms in total. The lowest BCUT2D eigenvalue weighted by molar-refractivity contribution is -0.132. The number of hydrogen-bond donors (Lipinski definition) is 4. The molecule has 1 aliphatic heterocycles. The summed E-state index contributed by atoms with van der Waals surface area (Å²) < 4.78 is 0. The van der Waals surface area contributed by atoms with E-state index in [0.717, 1.165) is 24.1 Å². The summed E-state index contributed by atoms with van der Waals surface area (Å²) in [6.07, 6.45) is 5.21. The van der Waals surface area contributed by atoms with Gasteiger partial charge < -0.3 is 20.9 Å². The Bertz CT molecular complexity index is 1010. The average Bonchev–Trinajstić information content (AvgIpc) is 3.20. The molecule has 4 rings (SSSR count). The Labute approximate surface area is 180 Å². The number of carbonyl (C=O) groups is 2. The average molecular weight is 419 g/mol. The molecule has 160 valence electrons. The van der Waals surface area contributed by atoms with Gasteiger partial charge in [-0.2, -0.15) is 0 Å². The van der Waals surface area contributed by atoms with Gasteiger partial charge in [0.15, 0.2) is 0 Å². The Morgan fingerprint density at radius 1 is 1.19 bits per heavy atom. The van der Waals surface area contributed by atoms with Gasteiger partial charge in [-0.15, -0.1) is 0 Å². The van der Waals surface area contributed by atoms with Crippen molar-refractivity contribution >= 4 is 29.7 Å². The molecule has 0 radical (unpaired) electrons. The van der Waals surface area contributed by atoms with Gasteiger partial charge in [0.05, 0.1) is 5.69 Å². The molecule has 2 aliphatic rings. The van der Waals surface area contributed by atoms with Crippen molar-refractivity contribution < 1.29 is 9.59 Å². The molecule has 0 bridgehead atoms. The number of hydrogen-bond acceptors (Lipinski definition) is 7. The highest BCUT2D eigenvalue weighted by Crippen LogP contribution is 2.24. The van der Waals surface area contributed by atoms with Crippen molar-refractivity contribution in [2.45, 2.75) is 38.3 Å². The zero-order chi connectivity index (χ0) is 21.8. The Hall–Kier alpha value is -3.62. The third-order valence-electron chi connectivity index (χ3n) is 5.68. The van der Waals surface area contributed by atoms with E-state index in [0.29, 0.717) is 37.7 Å². The van der Waals surface area contributed by atoms with E-state index in [-0.39, 0.29) is 18.9 Å². The minimum Gasteiger partial charge on any atom is -0.351 e. The molecule has 0 fully saturated rings. The minimum atomic E-state index is -0.648. The summed E-state index contributed by atoms with van der Waals surface area (Å²) in [5.74, 6) is -0.0866. The second-order valence-electron chi connectivity index (χ2n) is 7.81. The molecule has 31 heavy (non-hydrogen) atoms. The van der Waals surface area contributed by atoms with Crippen LogP contribution in [0.15, 0.2) is 30.5 Å². The molecule has 0 spiro atoms. The first kappa shape index (κ1) is 20.6.